The van der Waals surface area contributed by atoms with E-state index in [4.69, 9.17) is 21.3 Å². The van der Waals surface area contributed by atoms with Gasteiger partial charge in [-0.2, -0.15) is 0 Å². The largest absolute Gasteiger partial charge is 0.492 e. The van der Waals surface area contributed by atoms with Gasteiger partial charge in [0.25, 0.3) is 0 Å². The van der Waals surface area contributed by atoms with Gasteiger partial charge in [0.15, 0.2) is 5.13 Å². The van der Waals surface area contributed by atoms with Crippen LogP contribution in [0.4, 0.5) is 5.13 Å². The highest BCUT2D eigenvalue weighted by Crippen LogP contribution is 2.35. The van der Waals surface area contributed by atoms with E-state index in [1.54, 1.807) is 22.9 Å². The quantitative estimate of drug-likeness (QED) is 0.177. The molecule has 2 aromatic carbocycles. The molecular weight excluding hydrogens is 474 g/mol. The maximum absolute atomic E-state index is 13.3. The first kappa shape index (κ1) is 23.5. The number of hydrogen-bond acceptors (Lipinski definition) is 6. The van der Waals surface area contributed by atoms with Crippen LogP contribution in [0.15, 0.2) is 71.8 Å². The summed E-state index contributed by atoms with van der Waals surface area (Å²) in [5.41, 5.74) is 1.61. The maximum atomic E-state index is 13.3. The second-order valence-corrected chi connectivity index (χ2v) is 9.85. The number of anilines is 1. The van der Waals surface area contributed by atoms with Gasteiger partial charge in [0.1, 0.15) is 11.3 Å². The number of aromatic nitrogens is 2. The Morgan fingerprint density at radius 3 is 2.73 bits per heavy atom. The second kappa shape index (κ2) is 11.5. The third kappa shape index (κ3) is 6.25. The molecule has 0 unspecified atom stereocenters. The topological polar surface area (TPSA) is 55.3 Å². The lowest BCUT2D eigenvalue weighted by molar-refractivity contribution is -0.118. The molecule has 0 atom stereocenters. The third-order valence-electron chi connectivity index (χ3n) is 4.87. The number of ether oxygens (including phenoxy) is 1. The SMILES string of the molecule is CCOc1cccc2sc(N(Cc3ccccn3)C(=O)CCCSc3ccc(Cl)cc3)nc12. The molecule has 5 nitrogen and oxygen atoms in total. The van der Waals surface area contributed by atoms with Gasteiger partial charge in [-0.05, 0) is 67.6 Å². The van der Waals surface area contributed by atoms with E-state index in [0.29, 0.717) is 24.7 Å². The van der Waals surface area contributed by atoms with Crippen LogP contribution in [0.3, 0.4) is 0 Å². The van der Waals surface area contributed by atoms with Crippen molar-refractivity contribution < 1.29 is 9.53 Å². The van der Waals surface area contributed by atoms with Crippen molar-refractivity contribution in [3.63, 3.8) is 0 Å². The van der Waals surface area contributed by atoms with Crippen molar-refractivity contribution in [1.82, 2.24) is 9.97 Å². The summed E-state index contributed by atoms with van der Waals surface area (Å²) in [6.45, 7) is 2.90. The number of thiazole rings is 1. The molecule has 0 radical (unpaired) electrons. The Morgan fingerprint density at radius 2 is 1.97 bits per heavy atom. The fourth-order valence-electron chi connectivity index (χ4n) is 3.29. The molecule has 2 heterocycles. The number of pyridine rings is 1. The lowest BCUT2D eigenvalue weighted by atomic mass is 10.2. The van der Waals surface area contributed by atoms with E-state index in [0.717, 1.165) is 43.8 Å². The van der Waals surface area contributed by atoms with E-state index in [1.807, 2.05) is 67.6 Å². The van der Waals surface area contributed by atoms with Gasteiger partial charge < -0.3 is 4.74 Å². The number of halogens is 1. The molecule has 4 rings (SSSR count). The fourth-order valence-corrected chi connectivity index (χ4v) is 5.27. The number of fused-ring (bicyclic) bond motifs is 1. The number of rotatable bonds is 10. The number of carbonyl (C=O) groups is 1. The number of amides is 1. The predicted octanol–water partition coefficient (Wildman–Crippen LogP) is 6.85. The van der Waals surface area contributed by atoms with Crippen molar-refractivity contribution in [3.05, 3.63) is 77.6 Å². The molecule has 0 saturated heterocycles. The minimum Gasteiger partial charge on any atom is -0.492 e. The lowest BCUT2D eigenvalue weighted by Gasteiger charge is -2.19. The number of thioether (sulfide) groups is 1. The first-order valence-electron chi connectivity index (χ1n) is 10.7. The van der Waals surface area contributed by atoms with Gasteiger partial charge in [0.05, 0.1) is 23.5 Å². The summed E-state index contributed by atoms with van der Waals surface area (Å²) in [7, 11) is 0. The molecule has 4 aromatic rings. The smallest absolute Gasteiger partial charge is 0.229 e. The summed E-state index contributed by atoms with van der Waals surface area (Å²) in [6, 6.07) is 19.4. The van der Waals surface area contributed by atoms with Gasteiger partial charge in [-0.3, -0.25) is 14.7 Å². The van der Waals surface area contributed by atoms with Crippen LogP contribution in [0.5, 0.6) is 5.75 Å². The van der Waals surface area contributed by atoms with E-state index in [-0.39, 0.29) is 5.91 Å². The Kier molecular flexibility index (Phi) is 8.20. The standard InChI is InChI=1S/C25H24ClN3O2S2/c1-2-31-21-8-5-9-22-24(21)28-25(33-22)29(17-19-7-3-4-15-27-19)23(30)10-6-16-32-20-13-11-18(26)12-14-20/h3-5,7-9,11-15H,2,6,10,16-17H2,1H3. The first-order chi connectivity index (χ1) is 16.1. The number of carbonyl (C=O) groups excluding carboxylic acids is 1. The molecule has 0 aliphatic heterocycles. The van der Waals surface area contributed by atoms with E-state index in [9.17, 15) is 4.79 Å². The van der Waals surface area contributed by atoms with Gasteiger partial charge in [-0.25, -0.2) is 4.98 Å². The van der Waals surface area contributed by atoms with Crippen LogP contribution in [0.1, 0.15) is 25.5 Å². The Labute approximate surface area is 206 Å². The summed E-state index contributed by atoms with van der Waals surface area (Å²) in [5, 5.41) is 1.39. The molecule has 33 heavy (non-hydrogen) atoms. The van der Waals surface area contributed by atoms with Crippen molar-refractivity contribution >= 4 is 56.0 Å². The van der Waals surface area contributed by atoms with Gasteiger partial charge in [0.2, 0.25) is 5.91 Å². The van der Waals surface area contributed by atoms with Crippen LogP contribution in [-0.4, -0.2) is 28.2 Å². The van der Waals surface area contributed by atoms with E-state index in [1.165, 1.54) is 11.3 Å². The van der Waals surface area contributed by atoms with Crippen molar-refractivity contribution in [2.75, 3.05) is 17.3 Å². The van der Waals surface area contributed by atoms with Crippen LogP contribution in [0.25, 0.3) is 10.2 Å². The highest BCUT2D eigenvalue weighted by molar-refractivity contribution is 7.99. The second-order valence-electron chi connectivity index (χ2n) is 7.24. The van der Waals surface area contributed by atoms with Gasteiger partial charge in [-0.15, -0.1) is 11.8 Å². The lowest BCUT2D eigenvalue weighted by Crippen LogP contribution is -2.30. The molecule has 0 bridgehead atoms. The minimum atomic E-state index is 0.0365. The van der Waals surface area contributed by atoms with Gasteiger partial charge in [0, 0.05) is 22.5 Å². The molecule has 0 fully saturated rings. The zero-order valence-electron chi connectivity index (χ0n) is 18.2. The normalized spacial score (nSPS) is 11.0. The van der Waals surface area contributed by atoms with Crippen LogP contribution < -0.4 is 9.64 Å². The number of hydrogen-bond donors (Lipinski definition) is 0. The van der Waals surface area contributed by atoms with Crippen LogP contribution in [-0.2, 0) is 11.3 Å². The molecular formula is C25H24ClN3O2S2. The average Bonchev–Trinajstić information content (AvgIpc) is 3.27. The van der Waals surface area contributed by atoms with Crippen LogP contribution in [0.2, 0.25) is 5.02 Å². The van der Waals surface area contributed by atoms with E-state index < -0.39 is 0 Å². The number of para-hydroxylation sites is 1. The third-order valence-corrected chi connectivity index (χ3v) is 7.26. The Bertz CT molecular complexity index is 1200. The zero-order chi connectivity index (χ0) is 23.0. The summed E-state index contributed by atoms with van der Waals surface area (Å²) < 4.78 is 6.73. The van der Waals surface area contributed by atoms with Crippen LogP contribution in [0, 0.1) is 0 Å². The highest BCUT2D eigenvalue weighted by Gasteiger charge is 2.21. The molecule has 1 amide bonds. The van der Waals surface area contributed by atoms with E-state index in [2.05, 4.69) is 4.98 Å². The first-order valence-corrected chi connectivity index (χ1v) is 12.9. The van der Waals surface area contributed by atoms with E-state index >= 15 is 0 Å². The van der Waals surface area contributed by atoms with Gasteiger partial charge >= 0.3 is 0 Å². The molecule has 0 N–H and O–H groups in total. The zero-order valence-corrected chi connectivity index (χ0v) is 20.6. The summed E-state index contributed by atoms with van der Waals surface area (Å²) in [6.07, 6.45) is 2.94. The number of benzene rings is 2. The van der Waals surface area contributed by atoms with Crippen LogP contribution >= 0.6 is 34.7 Å². The van der Waals surface area contributed by atoms with Crippen molar-refractivity contribution in [2.24, 2.45) is 0 Å². The summed E-state index contributed by atoms with van der Waals surface area (Å²) in [5.74, 6) is 1.62. The monoisotopic (exact) mass is 497 g/mol. The molecule has 0 spiro atoms. The molecule has 0 saturated carbocycles. The molecule has 8 heteroatoms. The Balaban J connectivity index is 1.49. The summed E-state index contributed by atoms with van der Waals surface area (Å²) in [4.78, 5) is 25.4. The highest BCUT2D eigenvalue weighted by atomic mass is 35.5. The van der Waals surface area contributed by atoms with Crippen molar-refractivity contribution in [3.8, 4) is 5.75 Å². The summed E-state index contributed by atoms with van der Waals surface area (Å²) >= 11 is 9.17. The Hall–Kier alpha value is -2.61. The molecule has 0 aliphatic rings. The average molecular weight is 498 g/mol. The predicted molar refractivity (Wildman–Crippen MR) is 138 cm³/mol. The molecule has 170 valence electrons. The Morgan fingerprint density at radius 1 is 1.12 bits per heavy atom. The van der Waals surface area contributed by atoms with Gasteiger partial charge in [-0.1, -0.05) is 35.1 Å². The maximum Gasteiger partial charge on any atom is 0.229 e. The van der Waals surface area contributed by atoms with Crippen molar-refractivity contribution in [2.45, 2.75) is 31.2 Å². The molecule has 2 aromatic heterocycles. The minimum absolute atomic E-state index is 0.0365. The molecule has 0 aliphatic carbocycles. The fraction of sp³-hybridized carbons (Fsp3) is 0.240. The number of nitrogens with zero attached hydrogens (tertiary/aromatic N) is 3. The van der Waals surface area contributed by atoms with Crippen molar-refractivity contribution in [1.29, 1.82) is 0 Å².